The normalized spacial score (nSPS) is 17.6. The number of nitrogens with zero attached hydrogens (tertiary/aromatic N) is 4. The molecule has 1 N–H and O–H groups in total. The molecule has 7 heteroatoms. The first kappa shape index (κ1) is 15.5. The summed E-state index contributed by atoms with van der Waals surface area (Å²) in [5, 5.41) is 13.3. The molecule has 0 radical (unpaired) electrons. The maximum atomic E-state index is 10.7. The Hall–Kier alpha value is -0.920. The minimum atomic E-state index is -0.749. The van der Waals surface area contributed by atoms with Crippen LogP contribution in [0.3, 0.4) is 0 Å². The van der Waals surface area contributed by atoms with Gasteiger partial charge in [0.1, 0.15) is 0 Å². The number of aliphatic carboxylic acids is 1. The highest BCUT2D eigenvalue weighted by atomic mass is 79.9. The predicted molar refractivity (Wildman–Crippen MR) is 79.7 cm³/mol. The van der Waals surface area contributed by atoms with E-state index in [0.717, 1.165) is 49.4 Å². The van der Waals surface area contributed by atoms with Crippen molar-refractivity contribution in [3.8, 4) is 0 Å². The van der Waals surface area contributed by atoms with Crippen LogP contribution in [0.4, 0.5) is 0 Å². The fourth-order valence-corrected chi connectivity index (χ4v) is 2.94. The number of piperazine rings is 1. The fraction of sp³-hybridized carbons (Fsp3) is 0.692. The van der Waals surface area contributed by atoms with Gasteiger partial charge in [-0.25, -0.2) is 0 Å². The standard InChI is InChI=1S/C13H21BrN4O2/c1-3-18-11(13(14)10(2)15-18)8-16-4-6-17(7-5-16)9-12(19)20/h3-9H2,1-2H3,(H,19,20). The summed E-state index contributed by atoms with van der Waals surface area (Å²) in [6.07, 6.45) is 0. The molecule has 1 aliphatic heterocycles. The number of halogens is 1. The van der Waals surface area contributed by atoms with Crippen molar-refractivity contribution in [1.82, 2.24) is 19.6 Å². The number of carboxylic acid groups (broad SMARTS) is 1. The lowest BCUT2D eigenvalue weighted by molar-refractivity contribution is -0.138. The monoisotopic (exact) mass is 344 g/mol. The van der Waals surface area contributed by atoms with Crippen LogP contribution in [-0.4, -0.2) is 63.4 Å². The molecule has 1 aromatic rings. The largest absolute Gasteiger partial charge is 0.480 e. The number of aryl methyl sites for hydroxylation is 2. The van der Waals surface area contributed by atoms with Crippen molar-refractivity contribution in [2.75, 3.05) is 32.7 Å². The van der Waals surface area contributed by atoms with E-state index in [4.69, 9.17) is 5.11 Å². The van der Waals surface area contributed by atoms with Gasteiger partial charge in [-0.3, -0.25) is 19.3 Å². The Bertz CT molecular complexity index is 481. The van der Waals surface area contributed by atoms with Crippen molar-refractivity contribution in [1.29, 1.82) is 0 Å². The molecule has 1 saturated heterocycles. The summed E-state index contributed by atoms with van der Waals surface area (Å²) >= 11 is 3.62. The lowest BCUT2D eigenvalue weighted by Gasteiger charge is -2.33. The van der Waals surface area contributed by atoms with Gasteiger partial charge in [-0.15, -0.1) is 0 Å². The van der Waals surface area contributed by atoms with Gasteiger partial charge >= 0.3 is 5.97 Å². The Labute approximate surface area is 127 Å². The van der Waals surface area contributed by atoms with Crippen molar-refractivity contribution < 1.29 is 9.90 Å². The van der Waals surface area contributed by atoms with Crippen LogP contribution in [-0.2, 0) is 17.9 Å². The molecule has 0 saturated carbocycles. The number of aromatic nitrogens is 2. The minimum Gasteiger partial charge on any atom is -0.480 e. The zero-order chi connectivity index (χ0) is 14.7. The average molecular weight is 345 g/mol. The van der Waals surface area contributed by atoms with Gasteiger partial charge in [0.25, 0.3) is 0 Å². The lowest BCUT2D eigenvalue weighted by Crippen LogP contribution is -2.47. The molecule has 2 heterocycles. The second-order valence-corrected chi connectivity index (χ2v) is 5.90. The molecule has 0 bridgehead atoms. The zero-order valence-electron chi connectivity index (χ0n) is 12.0. The van der Waals surface area contributed by atoms with E-state index in [2.05, 4.69) is 32.9 Å². The topological polar surface area (TPSA) is 61.6 Å². The van der Waals surface area contributed by atoms with Crippen molar-refractivity contribution >= 4 is 21.9 Å². The smallest absolute Gasteiger partial charge is 0.317 e. The Balaban J connectivity index is 1.94. The van der Waals surface area contributed by atoms with Gasteiger partial charge in [0.05, 0.1) is 22.4 Å². The first-order valence-corrected chi connectivity index (χ1v) is 7.68. The van der Waals surface area contributed by atoms with Gasteiger partial charge in [-0.05, 0) is 29.8 Å². The fourth-order valence-electron chi connectivity index (χ4n) is 2.53. The minimum absolute atomic E-state index is 0.142. The van der Waals surface area contributed by atoms with E-state index in [1.807, 2.05) is 16.5 Å². The molecule has 2 rings (SSSR count). The van der Waals surface area contributed by atoms with Gasteiger partial charge in [0.2, 0.25) is 0 Å². The summed E-state index contributed by atoms with van der Waals surface area (Å²) < 4.78 is 3.12. The molecule has 1 aliphatic rings. The molecule has 0 amide bonds. The molecule has 0 atom stereocenters. The third-order valence-electron chi connectivity index (χ3n) is 3.65. The summed E-state index contributed by atoms with van der Waals surface area (Å²) in [4.78, 5) is 15.0. The highest BCUT2D eigenvalue weighted by Gasteiger charge is 2.21. The Morgan fingerprint density at radius 2 is 1.90 bits per heavy atom. The molecular formula is C13H21BrN4O2. The summed E-state index contributed by atoms with van der Waals surface area (Å²) in [6, 6.07) is 0. The van der Waals surface area contributed by atoms with E-state index in [0.29, 0.717) is 0 Å². The van der Waals surface area contributed by atoms with E-state index in [9.17, 15) is 4.79 Å². The molecule has 0 unspecified atom stereocenters. The number of carbonyl (C=O) groups is 1. The molecule has 0 aliphatic carbocycles. The van der Waals surface area contributed by atoms with Crippen LogP contribution in [0.15, 0.2) is 4.47 Å². The van der Waals surface area contributed by atoms with Crippen LogP contribution in [0.25, 0.3) is 0 Å². The predicted octanol–water partition coefficient (Wildman–Crippen LogP) is 1.18. The van der Waals surface area contributed by atoms with Crippen LogP contribution in [0.5, 0.6) is 0 Å². The molecule has 1 fully saturated rings. The van der Waals surface area contributed by atoms with Crippen LogP contribution in [0, 0.1) is 6.92 Å². The maximum Gasteiger partial charge on any atom is 0.317 e. The quantitative estimate of drug-likeness (QED) is 0.868. The van der Waals surface area contributed by atoms with E-state index in [-0.39, 0.29) is 6.54 Å². The van der Waals surface area contributed by atoms with Crippen LogP contribution in [0.2, 0.25) is 0 Å². The highest BCUT2D eigenvalue weighted by Crippen LogP contribution is 2.22. The number of hydrogen-bond acceptors (Lipinski definition) is 4. The van der Waals surface area contributed by atoms with Crippen molar-refractivity contribution in [3.05, 3.63) is 15.9 Å². The molecule has 0 aromatic carbocycles. The first-order chi connectivity index (χ1) is 9.51. The number of hydrogen-bond donors (Lipinski definition) is 1. The molecule has 20 heavy (non-hydrogen) atoms. The van der Waals surface area contributed by atoms with Crippen LogP contribution in [0.1, 0.15) is 18.3 Å². The second-order valence-electron chi connectivity index (χ2n) is 5.11. The van der Waals surface area contributed by atoms with Gasteiger partial charge in [-0.1, -0.05) is 0 Å². The zero-order valence-corrected chi connectivity index (χ0v) is 13.6. The summed E-state index contributed by atoms with van der Waals surface area (Å²) in [6.45, 7) is 9.37. The van der Waals surface area contributed by atoms with Crippen molar-refractivity contribution in [2.24, 2.45) is 0 Å². The molecular weight excluding hydrogens is 324 g/mol. The lowest BCUT2D eigenvalue weighted by atomic mass is 10.2. The number of rotatable bonds is 5. The first-order valence-electron chi connectivity index (χ1n) is 6.89. The average Bonchev–Trinajstić information content (AvgIpc) is 2.68. The SMILES string of the molecule is CCn1nc(C)c(Br)c1CN1CCN(CC(=O)O)CC1. The van der Waals surface area contributed by atoms with Gasteiger partial charge < -0.3 is 5.11 Å². The summed E-state index contributed by atoms with van der Waals surface area (Å²) in [5.74, 6) is -0.749. The van der Waals surface area contributed by atoms with Crippen LogP contribution >= 0.6 is 15.9 Å². The maximum absolute atomic E-state index is 10.7. The van der Waals surface area contributed by atoms with Crippen molar-refractivity contribution in [2.45, 2.75) is 26.9 Å². The second kappa shape index (κ2) is 6.69. The molecule has 0 spiro atoms. The highest BCUT2D eigenvalue weighted by molar-refractivity contribution is 9.10. The number of carboxylic acids is 1. The Morgan fingerprint density at radius 1 is 1.30 bits per heavy atom. The van der Waals surface area contributed by atoms with Crippen LogP contribution < -0.4 is 0 Å². The Morgan fingerprint density at radius 3 is 2.45 bits per heavy atom. The Kier molecular flexibility index (Phi) is 5.17. The third-order valence-corrected chi connectivity index (χ3v) is 4.68. The van der Waals surface area contributed by atoms with E-state index in [1.54, 1.807) is 0 Å². The van der Waals surface area contributed by atoms with Gasteiger partial charge in [-0.2, -0.15) is 5.10 Å². The van der Waals surface area contributed by atoms with E-state index >= 15 is 0 Å². The summed E-state index contributed by atoms with van der Waals surface area (Å²) in [5.41, 5.74) is 2.23. The molecule has 1 aromatic heterocycles. The van der Waals surface area contributed by atoms with Gasteiger partial charge in [0.15, 0.2) is 0 Å². The summed E-state index contributed by atoms with van der Waals surface area (Å²) in [7, 11) is 0. The molecule has 6 nitrogen and oxygen atoms in total. The molecule has 112 valence electrons. The van der Waals surface area contributed by atoms with E-state index in [1.165, 1.54) is 5.69 Å². The van der Waals surface area contributed by atoms with Crippen molar-refractivity contribution in [3.63, 3.8) is 0 Å². The van der Waals surface area contributed by atoms with Gasteiger partial charge in [0, 0.05) is 39.3 Å². The van der Waals surface area contributed by atoms with E-state index < -0.39 is 5.97 Å². The third kappa shape index (κ3) is 3.59.